The third-order valence-corrected chi connectivity index (χ3v) is 13.5. The van der Waals surface area contributed by atoms with E-state index in [9.17, 15) is 0 Å². The van der Waals surface area contributed by atoms with Crippen LogP contribution in [0.2, 0.25) is 0 Å². The highest BCUT2D eigenvalue weighted by Gasteiger charge is 2.22. The van der Waals surface area contributed by atoms with Crippen molar-refractivity contribution in [3.8, 4) is 73.2 Å². The van der Waals surface area contributed by atoms with Gasteiger partial charge in [0.15, 0.2) is 17.5 Å². The minimum atomic E-state index is 0.604. The molecule has 0 fully saturated rings. The van der Waals surface area contributed by atoms with E-state index in [2.05, 4.69) is 162 Å². The van der Waals surface area contributed by atoms with Gasteiger partial charge >= 0.3 is 0 Å². The highest BCUT2D eigenvalue weighted by atomic mass is 16.3. The number of benzene rings is 10. The van der Waals surface area contributed by atoms with E-state index < -0.39 is 0 Å². The fourth-order valence-electron chi connectivity index (χ4n) is 10.2. The van der Waals surface area contributed by atoms with E-state index in [0.717, 1.165) is 99.5 Å². The number of nitrogens with zero attached hydrogens (tertiary/aromatic N) is 4. The molecule has 0 aliphatic heterocycles. The minimum Gasteiger partial charge on any atom is -0.456 e. The molecule has 0 bridgehead atoms. The van der Waals surface area contributed by atoms with Gasteiger partial charge < -0.3 is 13.4 Å². The van der Waals surface area contributed by atoms with Gasteiger partial charge in [-0.05, 0) is 82.4 Å². The van der Waals surface area contributed by atoms with Crippen LogP contribution < -0.4 is 0 Å². The van der Waals surface area contributed by atoms with Gasteiger partial charge in [-0.1, -0.05) is 170 Å². The first-order valence-electron chi connectivity index (χ1n) is 23.2. The Hall–Kier alpha value is -9.39. The number of hydrogen-bond donors (Lipinski definition) is 0. The molecule has 10 aromatic carbocycles. The van der Waals surface area contributed by atoms with Crippen molar-refractivity contribution >= 4 is 65.7 Å². The number of fused-ring (bicyclic) bond motifs is 9. The Labute approximate surface area is 396 Å². The summed E-state index contributed by atoms with van der Waals surface area (Å²) in [6.45, 7) is 0. The second-order valence-electron chi connectivity index (χ2n) is 17.5. The van der Waals surface area contributed by atoms with Crippen molar-refractivity contribution in [2.24, 2.45) is 0 Å². The molecule has 0 atom stereocenters. The van der Waals surface area contributed by atoms with Crippen LogP contribution in [0.25, 0.3) is 139 Å². The summed E-state index contributed by atoms with van der Waals surface area (Å²) >= 11 is 0. The fraction of sp³-hybridized carbons (Fsp3) is 0. The molecular formula is C63H38N4O2. The van der Waals surface area contributed by atoms with Crippen molar-refractivity contribution in [3.63, 3.8) is 0 Å². The monoisotopic (exact) mass is 882 g/mol. The molecule has 14 rings (SSSR count). The predicted octanol–water partition coefficient (Wildman–Crippen LogP) is 16.8. The van der Waals surface area contributed by atoms with Crippen molar-refractivity contribution in [2.75, 3.05) is 0 Å². The maximum atomic E-state index is 6.68. The first-order valence-corrected chi connectivity index (χ1v) is 23.2. The summed E-state index contributed by atoms with van der Waals surface area (Å²) in [7, 11) is 0. The summed E-state index contributed by atoms with van der Waals surface area (Å²) in [6.07, 6.45) is 0. The quantitative estimate of drug-likeness (QED) is 0.159. The molecule has 0 saturated carbocycles. The van der Waals surface area contributed by atoms with Crippen LogP contribution in [-0.2, 0) is 0 Å². The highest BCUT2D eigenvalue weighted by Crippen LogP contribution is 2.44. The first-order chi connectivity index (χ1) is 34.2. The van der Waals surface area contributed by atoms with E-state index in [-0.39, 0.29) is 0 Å². The molecule has 69 heavy (non-hydrogen) atoms. The smallest absolute Gasteiger partial charge is 0.164 e. The van der Waals surface area contributed by atoms with Crippen LogP contribution in [0.4, 0.5) is 0 Å². The standard InChI is InChI=1S/C63H38N4O2/c1-4-16-39(17-5-1)42-30-32-54-50(35-42)47-24-10-12-27-53(47)67(54)55-38-59-51(48-25-11-13-28-56(48)69-59)37-49(55)44-31-33-57-52(36-44)60-46(26-15-29-58(60)68-57)43-22-14-23-45(34-43)63-65-61(40-18-6-2-7-19-40)64-62(66-63)41-20-8-3-9-21-41/h1-38H. The molecular weight excluding hydrogens is 845 g/mol. The van der Waals surface area contributed by atoms with Crippen molar-refractivity contribution in [2.45, 2.75) is 0 Å². The Bertz CT molecular complexity index is 4250. The average molecular weight is 883 g/mol. The molecule has 0 aliphatic rings. The largest absolute Gasteiger partial charge is 0.456 e. The van der Waals surface area contributed by atoms with Crippen molar-refractivity contribution in [1.29, 1.82) is 0 Å². The second kappa shape index (κ2) is 15.6. The van der Waals surface area contributed by atoms with Gasteiger partial charge in [0.1, 0.15) is 22.3 Å². The van der Waals surface area contributed by atoms with Crippen LogP contribution in [0.15, 0.2) is 239 Å². The molecule has 6 heteroatoms. The lowest BCUT2D eigenvalue weighted by Crippen LogP contribution is -2.00. The zero-order chi connectivity index (χ0) is 45.4. The van der Waals surface area contributed by atoms with Crippen LogP contribution in [0, 0.1) is 0 Å². The number of furan rings is 2. The van der Waals surface area contributed by atoms with E-state index in [1.165, 1.54) is 21.9 Å². The van der Waals surface area contributed by atoms with E-state index >= 15 is 0 Å². The van der Waals surface area contributed by atoms with Crippen LogP contribution >= 0.6 is 0 Å². The van der Waals surface area contributed by atoms with Gasteiger partial charge in [-0.15, -0.1) is 0 Å². The molecule has 0 amide bonds. The molecule has 14 aromatic rings. The second-order valence-corrected chi connectivity index (χ2v) is 17.5. The summed E-state index contributed by atoms with van der Waals surface area (Å²) in [5.74, 6) is 1.85. The summed E-state index contributed by atoms with van der Waals surface area (Å²) < 4.78 is 15.7. The van der Waals surface area contributed by atoms with Gasteiger partial charge in [-0.3, -0.25) is 0 Å². The summed E-state index contributed by atoms with van der Waals surface area (Å²) in [4.78, 5) is 15.0. The molecule has 322 valence electrons. The Morgan fingerprint density at radius 2 is 0.812 bits per heavy atom. The molecule has 0 saturated heterocycles. The Balaban J connectivity index is 0.963. The summed E-state index contributed by atoms with van der Waals surface area (Å²) in [6, 6.07) is 80.5. The lowest BCUT2D eigenvalue weighted by atomic mass is 9.95. The fourth-order valence-corrected chi connectivity index (χ4v) is 10.2. The Morgan fingerprint density at radius 3 is 1.58 bits per heavy atom. The molecule has 0 unspecified atom stereocenters. The van der Waals surface area contributed by atoms with Crippen molar-refractivity contribution < 1.29 is 8.83 Å². The zero-order valence-electron chi connectivity index (χ0n) is 37.0. The Kier molecular flexibility index (Phi) is 8.79. The van der Waals surface area contributed by atoms with Crippen LogP contribution in [0.3, 0.4) is 0 Å². The number of para-hydroxylation sites is 2. The third-order valence-electron chi connectivity index (χ3n) is 13.5. The highest BCUT2D eigenvalue weighted by molar-refractivity contribution is 6.16. The van der Waals surface area contributed by atoms with E-state index in [0.29, 0.717) is 17.5 Å². The average Bonchev–Trinajstić information content (AvgIpc) is 4.10. The molecule has 0 spiro atoms. The maximum absolute atomic E-state index is 6.68. The predicted molar refractivity (Wildman–Crippen MR) is 281 cm³/mol. The van der Waals surface area contributed by atoms with Crippen LogP contribution in [0.5, 0.6) is 0 Å². The van der Waals surface area contributed by atoms with Gasteiger partial charge in [0.2, 0.25) is 0 Å². The Morgan fingerprint density at radius 1 is 0.275 bits per heavy atom. The van der Waals surface area contributed by atoms with Gasteiger partial charge in [0, 0.05) is 60.6 Å². The van der Waals surface area contributed by atoms with Gasteiger partial charge in [-0.25, -0.2) is 15.0 Å². The topological polar surface area (TPSA) is 69.9 Å². The van der Waals surface area contributed by atoms with Crippen molar-refractivity contribution in [3.05, 3.63) is 231 Å². The normalized spacial score (nSPS) is 11.8. The van der Waals surface area contributed by atoms with Gasteiger partial charge in [0.05, 0.1) is 16.7 Å². The molecule has 0 radical (unpaired) electrons. The lowest BCUT2D eigenvalue weighted by Gasteiger charge is -2.15. The molecule has 6 nitrogen and oxygen atoms in total. The maximum Gasteiger partial charge on any atom is 0.164 e. The number of hydrogen-bond acceptors (Lipinski definition) is 5. The molecule has 0 N–H and O–H groups in total. The number of rotatable bonds is 7. The minimum absolute atomic E-state index is 0.604. The summed E-state index contributed by atoms with van der Waals surface area (Å²) in [5.41, 5.74) is 15.9. The lowest BCUT2D eigenvalue weighted by molar-refractivity contribution is 0.668. The molecule has 4 aromatic heterocycles. The first kappa shape index (κ1) is 38.8. The van der Waals surface area contributed by atoms with Gasteiger partial charge in [-0.2, -0.15) is 0 Å². The van der Waals surface area contributed by atoms with Crippen molar-refractivity contribution in [1.82, 2.24) is 19.5 Å². The van der Waals surface area contributed by atoms with E-state index in [4.69, 9.17) is 23.8 Å². The summed E-state index contributed by atoms with van der Waals surface area (Å²) in [5, 5.41) is 6.59. The molecule has 0 aliphatic carbocycles. The molecule has 4 heterocycles. The SMILES string of the molecule is c1ccc(-c2ccc3c(c2)c2ccccc2n3-c2cc3oc4ccccc4c3cc2-c2ccc3oc4cccc(-c5cccc(-c6nc(-c7ccccc7)nc(-c7ccccc7)n6)c5)c4c3c2)cc1. The number of aromatic nitrogens is 4. The van der Waals surface area contributed by atoms with Crippen LogP contribution in [-0.4, -0.2) is 19.5 Å². The van der Waals surface area contributed by atoms with Gasteiger partial charge in [0.25, 0.3) is 0 Å². The van der Waals surface area contributed by atoms with E-state index in [1.807, 2.05) is 72.8 Å². The third kappa shape index (κ3) is 6.45. The zero-order valence-corrected chi connectivity index (χ0v) is 37.0. The van der Waals surface area contributed by atoms with Crippen LogP contribution in [0.1, 0.15) is 0 Å². The van der Waals surface area contributed by atoms with E-state index in [1.54, 1.807) is 0 Å².